The van der Waals surface area contributed by atoms with Crippen LogP contribution in [0.15, 0.2) is 24.7 Å². The van der Waals surface area contributed by atoms with Crippen LogP contribution in [0.5, 0.6) is 0 Å². The van der Waals surface area contributed by atoms with E-state index in [0.29, 0.717) is 13.1 Å². The smallest absolute Gasteiger partial charge is 0.407 e. The summed E-state index contributed by atoms with van der Waals surface area (Å²) in [6.45, 7) is 6.77. The van der Waals surface area contributed by atoms with Crippen molar-refractivity contribution < 1.29 is 9.53 Å². The van der Waals surface area contributed by atoms with E-state index in [-0.39, 0.29) is 0 Å². The molecule has 2 aromatic heterocycles. The van der Waals surface area contributed by atoms with Crippen LogP contribution in [-0.2, 0) is 4.74 Å². The lowest BCUT2D eigenvalue weighted by Crippen LogP contribution is -2.33. The van der Waals surface area contributed by atoms with Crippen LogP contribution in [0.1, 0.15) is 27.2 Å². The molecule has 0 saturated heterocycles. The van der Waals surface area contributed by atoms with Crippen LogP contribution in [-0.4, -0.2) is 39.4 Å². The van der Waals surface area contributed by atoms with Gasteiger partial charge in [0.05, 0.1) is 6.20 Å². The zero-order valence-corrected chi connectivity index (χ0v) is 12.6. The van der Waals surface area contributed by atoms with Gasteiger partial charge in [0, 0.05) is 25.5 Å². The van der Waals surface area contributed by atoms with Gasteiger partial charge in [-0.2, -0.15) is 5.10 Å². The van der Waals surface area contributed by atoms with Crippen molar-refractivity contribution >= 4 is 17.4 Å². The van der Waals surface area contributed by atoms with Gasteiger partial charge in [0.1, 0.15) is 11.1 Å². The molecular weight excluding hydrogens is 270 g/mol. The second-order valence-corrected chi connectivity index (χ2v) is 5.65. The largest absolute Gasteiger partial charge is 0.444 e. The summed E-state index contributed by atoms with van der Waals surface area (Å²) in [7, 11) is 0. The van der Waals surface area contributed by atoms with Gasteiger partial charge in [-0.15, -0.1) is 0 Å². The number of hydrogen-bond acceptors (Lipinski definition) is 5. The van der Waals surface area contributed by atoms with Gasteiger partial charge in [0.15, 0.2) is 5.82 Å². The predicted molar refractivity (Wildman–Crippen MR) is 80.3 cm³/mol. The molecule has 0 aliphatic rings. The van der Waals surface area contributed by atoms with Gasteiger partial charge < -0.3 is 15.4 Å². The van der Waals surface area contributed by atoms with Crippen molar-refractivity contribution in [3.8, 4) is 0 Å². The lowest BCUT2D eigenvalue weighted by atomic mass is 10.2. The standard InChI is InChI=1S/C14H21N5O2/c1-14(2,3)21-13(20)17-7-4-6-15-12-11-5-8-18-19(11)10-9-16-12/h5,8-10H,4,6-7H2,1-3H3,(H,15,16)(H,17,20). The molecular formula is C14H21N5O2. The van der Waals surface area contributed by atoms with Crippen LogP contribution in [0.4, 0.5) is 10.6 Å². The SMILES string of the molecule is CC(C)(C)OC(=O)NCCCNc1nccn2nccc12. The number of nitrogens with one attached hydrogen (secondary N) is 2. The first-order valence-corrected chi connectivity index (χ1v) is 6.95. The molecule has 2 aromatic rings. The van der Waals surface area contributed by atoms with Crippen molar-refractivity contribution in [1.29, 1.82) is 0 Å². The van der Waals surface area contributed by atoms with E-state index in [1.54, 1.807) is 23.1 Å². The number of nitrogens with zero attached hydrogens (tertiary/aromatic N) is 3. The fourth-order valence-electron chi connectivity index (χ4n) is 1.79. The maximum absolute atomic E-state index is 11.5. The average molecular weight is 291 g/mol. The first-order chi connectivity index (χ1) is 9.96. The van der Waals surface area contributed by atoms with Gasteiger partial charge in [-0.1, -0.05) is 0 Å². The Morgan fingerprint density at radius 3 is 2.90 bits per heavy atom. The number of ether oxygens (including phenoxy) is 1. The van der Waals surface area contributed by atoms with Gasteiger partial charge >= 0.3 is 6.09 Å². The fraction of sp³-hybridized carbons (Fsp3) is 0.500. The van der Waals surface area contributed by atoms with Gasteiger partial charge in [0.25, 0.3) is 0 Å². The Kier molecular flexibility index (Phi) is 4.62. The minimum atomic E-state index is -0.468. The maximum Gasteiger partial charge on any atom is 0.407 e. The van der Waals surface area contributed by atoms with Crippen LogP contribution in [0.25, 0.3) is 5.52 Å². The molecule has 1 amide bonds. The zero-order chi connectivity index (χ0) is 15.3. The second-order valence-electron chi connectivity index (χ2n) is 5.65. The number of carbonyl (C=O) groups excluding carboxylic acids is 1. The molecule has 0 saturated carbocycles. The van der Waals surface area contributed by atoms with E-state index in [0.717, 1.165) is 17.8 Å². The fourth-order valence-corrected chi connectivity index (χ4v) is 1.79. The summed E-state index contributed by atoms with van der Waals surface area (Å²) in [6, 6.07) is 1.90. The molecule has 0 bridgehead atoms. The molecule has 2 heterocycles. The summed E-state index contributed by atoms with van der Waals surface area (Å²) in [5.41, 5.74) is 0.460. The van der Waals surface area contributed by atoms with Crippen molar-refractivity contribution in [3.63, 3.8) is 0 Å². The van der Waals surface area contributed by atoms with Crippen molar-refractivity contribution in [2.24, 2.45) is 0 Å². The quantitative estimate of drug-likeness (QED) is 0.824. The Balaban J connectivity index is 1.71. The lowest BCUT2D eigenvalue weighted by Gasteiger charge is -2.19. The summed E-state index contributed by atoms with van der Waals surface area (Å²) in [4.78, 5) is 15.7. The van der Waals surface area contributed by atoms with Crippen LogP contribution >= 0.6 is 0 Å². The van der Waals surface area contributed by atoms with Crippen molar-refractivity contribution in [2.75, 3.05) is 18.4 Å². The first-order valence-electron chi connectivity index (χ1n) is 6.95. The molecule has 0 spiro atoms. The maximum atomic E-state index is 11.5. The van der Waals surface area contributed by atoms with E-state index >= 15 is 0 Å². The summed E-state index contributed by atoms with van der Waals surface area (Å²) < 4.78 is 6.91. The van der Waals surface area contributed by atoms with Gasteiger partial charge in [-0.25, -0.2) is 14.3 Å². The normalized spacial score (nSPS) is 11.4. The molecule has 114 valence electrons. The molecule has 21 heavy (non-hydrogen) atoms. The third-order valence-electron chi connectivity index (χ3n) is 2.64. The van der Waals surface area contributed by atoms with Gasteiger partial charge in [-0.3, -0.25) is 0 Å². The molecule has 7 nitrogen and oxygen atoms in total. The third-order valence-corrected chi connectivity index (χ3v) is 2.64. The minimum absolute atomic E-state index is 0.390. The van der Waals surface area contributed by atoms with Crippen molar-refractivity contribution in [1.82, 2.24) is 19.9 Å². The van der Waals surface area contributed by atoms with Crippen molar-refractivity contribution in [2.45, 2.75) is 32.8 Å². The highest BCUT2D eigenvalue weighted by molar-refractivity contribution is 5.68. The lowest BCUT2D eigenvalue weighted by molar-refractivity contribution is 0.0528. The molecule has 0 atom stereocenters. The Labute approximate surface area is 123 Å². The Hall–Kier alpha value is -2.31. The topological polar surface area (TPSA) is 80.5 Å². The molecule has 0 aromatic carbocycles. The molecule has 7 heteroatoms. The molecule has 0 radical (unpaired) electrons. The molecule has 0 unspecified atom stereocenters. The monoisotopic (exact) mass is 291 g/mol. The molecule has 0 aliphatic carbocycles. The molecule has 2 N–H and O–H groups in total. The Bertz CT molecular complexity index is 603. The molecule has 0 fully saturated rings. The van der Waals surface area contributed by atoms with E-state index in [4.69, 9.17) is 4.74 Å². The van der Waals surface area contributed by atoms with E-state index in [9.17, 15) is 4.79 Å². The first kappa shape index (κ1) is 15.1. The van der Waals surface area contributed by atoms with Crippen LogP contribution < -0.4 is 10.6 Å². The molecule has 2 rings (SSSR count). The van der Waals surface area contributed by atoms with E-state index < -0.39 is 11.7 Å². The van der Waals surface area contributed by atoms with Crippen LogP contribution in [0.3, 0.4) is 0 Å². The number of rotatable bonds is 5. The summed E-state index contributed by atoms with van der Waals surface area (Å²) in [5.74, 6) is 0.785. The summed E-state index contributed by atoms with van der Waals surface area (Å²) in [5, 5.41) is 10.1. The number of amides is 1. The van der Waals surface area contributed by atoms with Gasteiger partial charge in [0.2, 0.25) is 0 Å². The van der Waals surface area contributed by atoms with E-state index in [2.05, 4.69) is 20.7 Å². The van der Waals surface area contributed by atoms with Crippen molar-refractivity contribution in [3.05, 3.63) is 24.7 Å². The third kappa shape index (κ3) is 4.62. The average Bonchev–Trinajstić information content (AvgIpc) is 2.85. The number of carbonyl (C=O) groups is 1. The number of anilines is 1. The number of aromatic nitrogens is 3. The Morgan fingerprint density at radius 2 is 2.14 bits per heavy atom. The highest BCUT2D eigenvalue weighted by Gasteiger charge is 2.15. The summed E-state index contributed by atoms with van der Waals surface area (Å²) in [6.07, 6.45) is 5.60. The predicted octanol–water partition coefficient (Wildman–Crippen LogP) is 2.06. The van der Waals surface area contributed by atoms with Crippen LogP contribution in [0, 0.1) is 0 Å². The van der Waals surface area contributed by atoms with Crippen LogP contribution in [0.2, 0.25) is 0 Å². The zero-order valence-electron chi connectivity index (χ0n) is 12.6. The number of fused-ring (bicyclic) bond motifs is 1. The number of hydrogen-bond donors (Lipinski definition) is 2. The highest BCUT2D eigenvalue weighted by atomic mass is 16.6. The van der Waals surface area contributed by atoms with E-state index in [1.807, 2.05) is 26.8 Å². The minimum Gasteiger partial charge on any atom is -0.444 e. The van der Waals surface area contributed by atoms with Gasteiger partial charge in [-0.05, 0) is 33.3 Å². The Morgan fingerprint density at radius 1 is 1.33 bits per heavy atom. The van der Waals surface area contributed by atoms with E-state index in [1.165, 1.54) is 0 Å². The molecule has 0 aliphatic heterocycles. The second kappa shape index (κ2) is 6.43. The number of alkyl carbamates (subject to hydrolysis) is 1. The summed E-state index contributed by atoms with van der Waals surface area (Å²) >= 11 is 0. The highest BCUT2D eigenvalue weighted by Crippen LogP contribution is 2.11.